The normalized spacial score (nSPS) is 17.4. The fourth-order valence-corrected chi connectivity index (χ4v) is 3.66. The quantitative estimate of drug-likeness (QED) is 0.841. The zero-order valence-electron chi connectivity index (χ0n) is 10.7. The molecule has 1 aliphatic carbocycles. The third kappa shape index (κ3) is 3.19. The smallest absolute Gasteiger partial charge is 0.328 e. The van der Waals surface area contributed by atoms with Crippen molar-refractivity contribution in [2.75, 3.05) is 0 Å². The average Bonchev–Trinajstić information content (AvgIpc) is 2.80. The van der Waals surface area contributed by atoms with Crippen molar-refractivity contribution in [2.45, 2.75) is 51.4 Å². The molecule has 1 heterocycles. The first-order valence-electron chi connectivity index (χ1n) is 6.61. The van der Waals surface area contributed by atoms with E-state index in [9.17, 15) is 4.79 Å². The van der Waals surface area contributed by atoms with Crippen molar-refractivity contribution in [3.63, 3.8) is 0 Å². The minimum Gasteiger partial charge on any atom is -0.478 e. The summed E-state index contributed by atoms with van der Waals surface area (Å²) >= 11 is 1.67. The number of thiazole rings is 1. The summed E-state index contributed by atoms with van der Waals surface area (Å²) in [5.41, 5.74) is 1.04. The first-order valence-corrected chi connectivity index (χ1v) is 7.43. The fourth-order valence-electron chi connectivity index (χ4n) is 2.44. The molecule has 18 heavy (non-hydrogen) atoms. The van der Waals surface area contributed by atoms with Gasteiger partial charge in [-0.2, -0.15) is 0 Å². The van der Waals surface area contributed by atoms with Crippen LogP contribution in [0.1, 0.15) is 60.5 Å². The van der Waals surface area contributed by atoms with E-state index in [1.54, 1.807) is 17.4 Å². The molecule has 1 N–H and O–H groups in total. The van der Waals surface area contributed by atoms with Crippen LogP contribution in [0.5, 0.6) is 0 Å². The summed E-state index contributed by atoms with van der Waals surface area (Å²) in [7, 11) is 0. The average molecular weight is 265 g/mol. The predicted molar refractivity (Wildman–Crippen MR) is 74.0 cm³/mol. The topological polar surface area (TPSA) is 50.2 Å². The highest BCUT2D eigenvalue weighted by molar-refractivity contribution is 7.12. The Morgan fingerprint density at radius 1 is 1.44 bits per heavy atom. The molecule has 1 fully saturated rings. The van der Waals surface area contributed by atoms with Crippen molar-refractivity contribution in [3.05, 3.63) is 21.7 Å². The number of nitrogens with zero attached hydrogens (tertiary/aromatic N) is 1. The number of hydrogen-bond donors (Lipinski definition) is 1. The fraction of sp³-hybridized carbons (Fsp3) is 0.571. The molecular formula is C14H19NO2S. The second-order valence-electron chi connectivity index (χ2n) is 4.72. The van der Waals surface area contributed by atoms with Crippen LogP contribution in [-0.2, 0) is 11.2 Å². The number of aromatic nitrogens is 1. The highest BCUT2D eigenvalue weighted by Gasteiger charge is 2.20. The molecule has 3 nitrogen and oxygen atoms in total. The zero-order chi connectivity index (χ0) is 13.0. The molecule has 0 radical (unpaired) electrons. The van der Waals surface area contributed by atoms with Gasteiger partial charge in [0.05, 0.1) is 15.6 Å². The molecule has 98 valence electrons. The maximum atomic E-state index is 10.6. The lowest BCUT2D eigenvalue weighted by Gasteiger charge is -2.18. The molecule has 0 aliphatic heterocycles. The summed E-state index contributed by atoms with van der Waals surface area (Å²) in [5.74, 6) is -0.300. The van der Waals surface area contributed by atoms with Crippen LogP contribution >= 0.6 is 11.3 Å². The Hall–Kier alpha value is -1.16. The largest absolute Gasteiger partial charge is 0.478 e. The van der Waals surface area contributed by atoms with Gasteiger partial charge in [0.2, 0.25) is 0 Å². The maximum Gasteiger partial charge on any atom is 0.328 e. The van der Waals surface area contributed by atoms with Crippen molar-refractivity contribution >= 4 is 23.4 Å². The van der Waals surface area contributed by atoms with E-state index in [2.05, 4.69) is 6.92 Å². The summed E-state index contributed by atoms with van der Waals surface area (Å²) in [5, 5.41) is 9.90. The number of carbonyl (C=O) groups is 1. The van der Waals surface area contributed by atoms with E-state index in [0.29, 0.717) is 5.92 Å². The second-order valence-corrected chi connectivity index (χ2v) is 5.79. The number of rotatable bonds is 4. The van der Waals surface area contributed by atoms with Gasteiger partial charge in [0.25, 0.3) is 0 Å². The highest BCUT2D eigenvalue weighted by Crippen LogP contribution is 2.36. The minimum absolute atomic E-state index is 0.598. The van der Waals surface area contributed by atoms with Gasteiger partial charge in [-0.25, -0.2) is 9.78 Å². The SMILES string of the molecule is CCc1nc(C2CCCCC2)sc1/C=C/C(=O)O. The molecule has 4 heteroatoms. The summed E-state index contributed by atoms with van der Waals surface area (Å²) in [6, 6.07) is 0. The summed E-state index contributed by atoms with van der Waals surface area (Å²) in [6.07, 6.45) is 10.2. The molecular weight excluding hydrogens is 246 g/mol. The molecule has 0 aromatic carbocycles. The third-order valence-electron chi connectivity index (χ3n) is 3.41. The van der Waals surface area contributed by atoms with Gasteiger partial charge in [0, 0.05) is 12.0 Å². The van der Waals surface area contributed by atoms with Gasteiger partial charge in [-0.1, -0.05) is 26.2 Å². The lowest BCUT2D eigenvalue weighted by molar-refractivity contribution is -0.131. The molecule has 0 saturated heterocycles. The predicted octanol–water partition coefficient (Wildman–Crippen LogP) is 3.85. The summed E-state index contributed by atoms with van der Waals surface area (Å²) in [4.78, 5) is 16.3. The van der Waals surface area contributed by atoms with Gasteiger partial charge >= 0.3 is 5.97 Å². The lowest BCUT2D eigenvalue weighted by atomic mass is 9.90. The van der Waals surface area contributed by atoms with E-state index in [-0.39, 0.29) is 0 Å². The van der Waals surface area contributed by atoms with Crippen LogP contribution in [0.4, 0.5) is 0 Å². The van der Waals surface area contributed by atoms with Crippen LogP contribution < -0.4 is 0 Å². The Balaban J connectivity index is 2.19. The molecule has 0 amide bonds. The van der Waals surface area contributed by atoms with E-state index in [1.165, 1.54) is 43.2 Å². The Bertz CT molecular complexity index is 445. The monoisotopic (exact) mass is 265 g/mol. The Morgan fingerprint density at radius 2 is 2.17 bits per heavy atom. The molecule has 0 unspecified atom stereocenters. The van der Waals surface area contributed by atoms with Crippen molar-refractivity contribution < 1.29 is 9.90 Å². The number of aliphatic carboxylic acids is 1. The second kappa shape index (κ2) is 6.14. The van der Waals surface area contributed by atoms with Gasteiger partial charge in [-0.3, -0.25) is 0 Å². The molecule has 1 aromatic rings. The Labute approximate surface area is 112 Å². The third-order valence-corrected chi connectivity index (χ3v) is 4.64. The minimum atomic E-state index is -0.898. The summed E-state index contributed by atoms with van der Waals surface area (Å²) in [6.45, 7) is 2.07. The lowest BCUT2D eigenvalue weighted by Crippen LogP contribution is -2.04. The Kier molecular flexibility index (Phi) is 4.53. The van der Waals surface area contributed by atoms with Crippen LogP contribution in [0.2, 0.25) is 0 Å². The maximum absolute atomic E-state index is 10.6. The van der Waals surface area contributed by atoms with Gasteiger partial charge in [-0.05, 0) is 25.3 Å². The van der Waals surface area contributed by atoms with Crippen LogP contribution in [0.25, 0.3) is 6.08 Å². The molecule has 2 rings (SSSR count). The Morgan fingerprint density at radius 3 is 2.78 bits per heavy atom. The van der Waals surface area contributed by atoms with E-state index in [1.807, 2.05) is 0 Å². The molecule has 1 aliphatic rings. The zero-order valence-corrected chi connectivity index (χ0v) is 11.5. The van der Waals surface area contributed by atoms with Crippen molar-refractivity contribution in [1.29, 1.82) is 0 Å². The standard InChI is InChI=1S/C14H19NO2S/c1-2-11-12(8-9-13(16)17)18-14(15-11)10-6-4-3-5-7-10/h8-10H,2-7H2,1H3,(H,16,17)/b9-8+. The van der Waals surface area contributed by atoms with Crippen molar-refractivity contribution in [3.8, 4) is 0 Å². The molecule has 1 aromatic heterocycles. The van der Waals surface area contributed by atoms with Crippen molar-refractivity contribution in [1.82, 2.24) is 4.98 Å². The number of aryl methyl sites for hydroxylation is 1. The first-order chi connectivity index (χ1) is 8.70. The number of carboxylic acids is 1. The van der Waals surface area contributed by atoms with Crippen molar-refractivity contribution in [2.24, 2.45) is 0 Å². The van der Waals surface area contributed by atoms with Crippen LogP contribution in [0.3, 0.4) is 0 Å². The van der Waals surface area contributed by atoms with E-state index in [4.69, 9.17) is 10.1 Å². The molecule has 0 bridgehead atoms. The van der Waals surface area contributed by atoms with E-state index < -0.39 is 5.97 Å². The van der Waals surface area contributed by atoms with Crippen LogP contribution in [0, 0.1) is 0 Å². The highest BCUT2D eigenvalue weighted by atomic mass is 32.1. The van der Waals surface area contributed by atoms with E-state index >= 15 is 0 Å². The number of carboxylic acid groups (broad SMARTS) is 1. The van der Waals surface area contributed by atoms with Gasteiger partial charge in [0.1, 0.15) is 0 Å². The van der Waals surface area contributed by atoms with E-state index in [0.717, 1.165) is 17.0 Å². The van der Waals surface area contributed by atoms with Gasteiger partial charge in [-0.15, -0.1) is 11.3 Å². The van der Waals surface area contributed by atoms with Crippen LogP contribution in [0.15, 0.2) is 6.08 Å². The van der Waals surface area contributed by atoms with Crippen LogP contribution in [-0.4, -0.2) is 16.1 Å². The molecule has 0 spiro atoms. The van der Waals surface area contributed by atoms with Gasteiger partial charge in [0.15, 0.2) is 0 Å². The molecule has 0 atom stereocenters. The number of hydrogen-bond acceptors (Lipinski definition) is 3. The molecule has 1 saturated carbocycles. The summed E-state index contributed by atoms with van der Waals surface area (Å²) < 4.78 is 0. The van der Waals surface area contributed by atoms with Gasteiger partial charge < -0.3 is 5.11 Å². The first kappa shape index (κ1) is 13.3.